The van der Waals surface area contributed by atoms with Crippen LogP contribution in [0.25, 0.3) is 5.52 Å². The van der Waals surface area contributed by atoms with Gasteiger partial charge in [-0.1, -0.05) is 30.3 Å². The summed E-state index contributed by atoms with van der Waals surface area (Å²) in [6.07, 6.45) is 5.78. The van der Waals surface area contributed by atoms with E-state index in [1.165, 1.54) is 0 Å². The molecule has 6 nitrogen and oxygen atoms in total. The molecule has 1 amide bonds. The number of benzene rings is 1. The number of amides is 1. The van der Waals surface area contributed by atoms with Crippen LogP contribution in [0.4, 0.5) is 4.79 Å². The zero-order chi connectivity index (χ0) is 19.0. The van der Waals surface area contributed by atoms with E-state index in [0.29, 0.717) is 17.6 Å². The third-order valence-corrected chi connectivity index (χ3v) is 6.53. The van der Waals surface area contributed by atoms with Crippen molar-refractivity contribution in [2.45, 2.75) is 31.2 Å². The van der Waals surface area contributed by atoms with Gasteiger partial charge in [0.25, 0.3) is 0 Å². The maximum absolute atomic E-state index is 12.2. The van der Waals surface area contributed by atoms with Crippen molar-refractivity contribution >= 4 is 50.1 Å². The average molecular weight is 541 g/mol. The van der Waals surface area contributed by atoms with Gasteiger partial charge in [0.15, 0.2) is 0 Å². The van der Waals surface area contributed by atoms with Gasteiger partial charge < -0.3 is 5.11 Å². The van der Waals surface area contributed by atoms with Gasteiger partial charge >= 0.3 is 6.09 Å². The second kappa shape index (κ2) is 7.38. The van der Waals surface area contributed by atoms with Gasteiger partial charge in [0, 0.05) is 13.0 Å². The minimum atomic E-state index is -0.900. The van der Waals surface area contributed by atoms with Crippen LogP contribution in [0.1, 0.15) is 30.7 Å². The number of halogens is 2. The first-order valence-electron chi connectivity index (χ1n) is 8.75. The molecule has 4 rings (SSSR count). The number of nitrogens with zero attached hydrogens (tertiary/aromatic N) is 4. The number of hydrogen-bond acceptors (Lipinski definition) is 3. The number of rotatable bonds is 3. The number of hydrogen-bond donors (Lipinski definition) is 1. The molecule has 0 spiro atoms. The summed E-state index contributed by atoms with van der Waals surface area (Å²) in [5, 5.41) is 10.0. The van der Waals surface area contributed by atoms with E-state index < -0.39 is 11.6 Å². The first-order valence-corrected chi connectivity index (χ1v) is 10.6. The van der Waals surface area contributed by atoms with Gasteiger partial charge in [-0.05, 0) is 63.3 Å². The standard InChI is InChI=1S/C19H18BrIN4O2/c20-16-14-11-22-12-15(21)25(14)17(23-16)19(10-13-6-2-1-3-7-13)8-4-5-9-24(19)18(26)27/h1-3,6-7,11-12H,4-5,8-10H2,(H,26,27). The Kier molecular flexibility index (Phi) is 5.11. The molecule has 1 N–H and O–H groups in total. The fraction of sp³-hybridized carbons (Fsp3) is 0.316. The van der Waals surface area contributed by atoms with E-state index in [9.17, 15) is 9.90 Å². The first kappa shape index (κ1) is 18.7. The van der Waals surface area contributed by atoms with Crippen LogP contribution in [0, 0.1) is 3.70 Å². The number of carboxylic acid groups (broad SMARTS) is 1. The highest BCUT2D eigenvalue weighted by molar-refractivity contribution is 14.1. The Hall–Kier alpha value is -1.68. The molecule has 27 heavy (non-hydrogen) atoms. The Balaban J connectivity index is 1.97. The molecule has 1 aliphatic rings. The Morgan fingerprint density at radius 2 is 2.04 bits per heavy atom. The number of carbonyl (C=O) groups is 1. The lowest BCUT2D eigenvalue weighted by Crippen LogP contribution is -2.54. The van der Waals surface area contributed by atoms with Crippen molar-refractivity contribution in [1.82, 2.24) is 19.3 Å². The lowest BCUT2D eigenvalue weighted by molar-refractivity contribution is 0.0382. The molecule has 1 unspecified atom stereocenters. The Bertz CT molecular complexity index is 994. The minimum absolute atomic E-state index is 0.510. The third kappa shape index (κ3) is 3.22. The van der Waals surface area contributed by atoms with E-state index in [1.807, 2.05) is 34.7 Å². The van der Waals surface area contributed by atoms with Crippen LogP contribution in [0.15, 0.2) is 47.3 Å². The molecule has 1 aromatic carbocycles. The quantitative estimate of drug-likeness (QED) is 0.489. The molecule has 0 saturated carbocycles. The van der Waals surface area contributed by atoms with Crippen molar-refractivity contribution in [2.75, 3.05) is 6.54 Å². The third-order valence-electron chi connectivity index (χ3n) is 5.18. The van der Waals surface area contributed by atoms with Crippen LogP contribution in [0.5, 0.6) is 0 Å². The molecule has 0 aliphatic carbocycles. The smallest absolute Gasteiger partial charge is 0.408 e. The number of imidazole rings is 1. The van der Waals surface area contributed by atoms with Gasteiger partial charge in [-0.2, -0.15) is 0 Å². The molecule has 0 radical (unpaired) electrons. The summed E-state index contributed by atoms with van der Waals surface area (Å²) in [5.74, 6) is 0.752. The molecule has 3 aromatic rings. The molecule has 0 bridgehead atoms. The van der Waals surface area contributed by atoms with E-state index in [0.717, 1.165) is 39.9 Å². The van der Waals surface area contributed by atoms with E-state index in [2.05, 4.69) is 43.5 Å². The van der Waals surface area contributed by atoms with Gasteiger partial charge in [-0.3, -0.25) is 14.3 Å². The van der Waals surface area contributed by atoms with Crippen molar-refractivity contribution in [3.63, 3.8) is 0 Å². The number of aromatic nitrogens is 3. The lowest BCUT2D eigenvalue weighted by atomic mass is 9.80. The first-order chi connectivity index (χ1) is 13.0. The monoisotopic (exact) mass is 540 g/mol. The average Bonchev–Trinajstić information content (AvgIpc) is 3.01. The van der Waals surface area contributed by atoms with Gasteiger partial charge in [0.1, 0.15) is 19.7 Å². The fourth-order valence-corrected chi connectivity index (χ4v) is 5.11. The molecule has 1 atom stereocenters. The van der Waals surface area contributed by atoms with Crippen molar-refractivity contribution in [2.24, 2.45) is 0 Å². The largest absolute Gasteiger partial charge is 0.465 e. The van der Waals surface area contributed by atoms with Crippen molar-refractivity contribution in [3.8, 4) is 0 Å². The van der Waals surface area contributed by atoms with Crippen molar-refractivity contribution < 1.29 is 9.90 Å². The maximum atomic E-state index is 12.2. The van der Waals surface area contributed by atoms with Crippen molar-refractivity contribution in [3.05, 3.63) is 62.4 Å². The molecular formula is C19H18BrIN4O2. The predicted molar refractivity (Wildman–Crippen MR) is 114 cm³/mol. The van der Waals surface area contributed by atoms with Crippen LogP contribution in [0.3, 0.4) is 0 Å². The molecule has 1 fully saturated rings. The highest BCUT2D eigenvalue weighted by atomic mass is 127. The zero-order valence-corrected chi connectivity index (χ0v) is 18.2. The molecule has 8 heteroatoms. The molecule has 1 saturated heterocycles. The number of fused-ring (bicyclic) bond motifs is 1. The summed E-state index contributed by atoms with van der Waals surface area (Å²) < 4.78 is 3.62. The zero-order valence-electron chi connectivity index (χ0n) is 14.5. The van der Waals surface area contributed by atoms with Gasteiger partial charge in [0.05, 0.1) is 17.9 Å². The topological polar surface area (TPSA) is 70.7 Å². The van der Waals surface area contributed by atoms with Gasteiger partial charge in [0.2, 0.25) is 0 Å². The van der Waals surface area contributed by atoms with Crippen LogP contribution in [-0.2, 0) is 12.0 Å². The Morgan fingerprint density at radius 1 is 1.26 bits per heavy atom. The second-order valence-electron chi connectivity index (χ2n) is 6.76. The van der Waals surface area contributed by atoms with E-state index >= 15 is 0 Å². The van der Waals surface area contributed by atoms with Crippen LogP contribution < -0.4 is 0 Å². The summed E-state index contributed by atoms with van der Waals surface area (Å²) >= 11 is 5.77. The van der Waals surface area contributed by atoms with Gasteiger partial charge in [-0.25, -0.2) is 9.78 Å². The lowest BCUT2D eigenvalue weighted by Gasteiger charge is -2.45. The van der Waals surface area contributed by atoms with Crippen LogP contribution >= 0.6 is 38.5 Å². The summed E-state index contributed by atoms with van der Waals surface area (Å²) in [6, 6.07) is 10.1. The van der Waals surface area contributed by atoms with Crippen LogP contribution in [-0.4, -0.2) is 37.0 Å². The molecule has 2 aromatic heterocycles. The highest BCUT2D eigenvalue weighted by Gasteiger charge is 2.47. The predicted octanol–water partition coefficient (Wildman–Crippen LogP) is 4.70. The van der Waals surface area contributed by atoms with E-state index in [-0.39, 0.29) is 0 Å². The maximum Gasteiger partial charge on any atom is 0.408 e. The minimum Gasteiger partial charge on any atom is -0.465 e. The summed E-state index contributed by atoms with van der Waals surface area (Å²) in [5.41, 5.74) is 1.23. The highest BCUT2D eigenvalue weighted by Crippen LogP contribution is 2.42. The Labute approximate surface area is 178 Å². The SMILES string of the molecule is O=C(O)N1CCCCC1(Cc1ccccc1)c1nc(Br)c2cncc(I)n12. The summed E-state index contributed by atoms with van der Waals surface area (Å²) in [6.45, 7) is 0.510. The Morgan fingerprint density at radius 3 is 2.78 bits per heavy atom. The molecule has 140 valence electrons. The summed E-state index contributed by atoms with van der Waals surface area (Å²) in [7, 11) is 0. The van der Waals surface area contributed by atoms with E-state index in [1.54, 1.807) is 17.3 Å². The van der Waals surface area contributed by atoms with Crippen molar-refractivity contribution in [1.29, 1.82) is 0 Å². The van der Waals surface area contributed by atoms with Crippen LogP contribution in [0.2, 0.25) is 0 Å². The fourth-order valence-electron chi connectivity index (χ4n) is 4.02. The van der Waals surface area contributed by atoms with Gasteiger partial charge in [-0.15, -0.1) is 0 Å². The normalized spacial score (nSPS) is 20.1. The number of piperidine rings is 1. The molecule has 1 aliphatic heterocycles. The molecular weight excluding hydrogens is 523 g/mol. The number of likely N-dealkylation sites (tertiary alicyclic amines) is 1. The molecule has 3 heterocycles. The second-order valence-corrected chi connectivity index (χ2v) is 8.62. The van der Waals surface area contributed by atoms with E-state index in [4.69, 9.17) is 4.98 Å². The summed E-state index contributed by atoms with van der Waals surface area (Å²) in [4.78, 5) is 22.9.